The van der Waals surface area contributed by atoms with Gasteiger partial charge in [0.15, 0.2) is 0 Å². The Morgan fingerprint density at radius 1 is 1.29 bits per heavy atom. The normalized spacial score (nSPS) is 30.1. The third-order valence-electron chi connectivity index (χ3n) is 3.32. The quantitative estimate of drug-likeness (QED) is 0.686. The molecule has 1 aliphatic carbocycles. The van der Waals surface area contributed by atoms with Crippen LogP contribution in [0.5, 0.6) is 0 Å². The Labute approximate surface area is 86.0 Å². The van der Waals surface area contributed by atoms with E-state index in [-0.39, 0.29) is 6.10 Å². The van der Waals surface area contributed by atoms with E-state index in [1.807, 2.05) is 0 Å². The van der Waals surface area contributed by atoms with Crippen molar-refractivity contribution in [2.45, 2.75) is 44.6 Å². The first-order chi connectivity index (χ1) is 6.84. The molecule has 80 valence electrons. The van der Waals surface area contributed by atoms with Crippen molar-refractivity contribution in [3.05, 3.63) is 11.6 Å². The molecule has 0 aromatic heterocycles. The van der Waals surface area contributed by atoms with Crippen molar-refractivity contribution in [1.82, 2.24) is 0 Å². The van der Waals surface area contributed by atoms with Gasteiger partial charge >= 0.3 is 0 Å². The number of rotatable bonds is 2. The van der Waals surface area contributed by atoms with Crippen LogP contribution in [0, 0.1) is 5.92 Å². The summed E-state index contributed by atoms with van der Waals surface area (Å²) in [6.07, 6.45) is 8.83. The summed E-state index contributed by atoms with van der Waals surface area (Å²) in [5.74, 6) is 0.806. The van der Waals surface area contributed by atoms with Crippen LogP contribution >= 0.6 is 0 Å². The first-order valence-electron chi connectivity index (χ1n) is 5.80. The molecule has 0 saturated carbocycles. The maximum Gasteiger partial charge on any atom is 0.0723 e. The minimum absolute atomic E-state index is 0.168. The monoisotopic (exact) mass is 196 g/mol. The predicted octanol–water partition coefficient (Wildman–Crippen LogP) is 2.27. The Bertz CT molecular complexity index is 204. The lowest BCUT2D eigenvalue weighted by molar-refractivity contribution is 0.0659. The van der Waals surface area contributed by atoms with E-state index in [1.54, 1.807) is 0 Å². The first kappa shape index (κ1) is 10.2. The Morgan fingerprint density at radius 3 is 2.79 bits per heavy atom. The maximum atomic E-state index is 9.51. The standard InChI is InChI=1S/C12H20O2/c13-12-3-1-2-11(9-12)8-10-4-6-14-7-5-10/h9-10,12-13H,1-8H2. The van der Waals surface area contributed by atoms with Gasteiger partial charge in [0.2, 0.25) is 0 Å². The molecule has 1 atom stereocenters. The molecular weight excluding hydrogens is 176 g/mol. The Balaban J connectivity index is 1.83. The van der Waals surface area contributed by atoms with E-state index >= 15 is 0 Å². The van der Waals surface area contributed by atoms with Crippen LogP contribution in [0.3, 0.4) is 0 Å². The summed E-state index contributed by atoms with van der Waals surface area (Å²) in [5.41, 5.74) is 1.48. The highest BCUT2D eigenvalue weighted by Crippen LogP contribution is 2.28. The van der Waals surface area contributed by atoms with Gasteiger partial charge in [0.1, 0.15) is 0 Å². The van der Waals surface area contributed by atoms with Crippen molar-refractivity contribution in [1.29, 1.82) is 0 Å². The molecular formula is C12H20O2. The SMILES string of the molecule is OC1C=C(CC2CCOCC2)CCC1. The third kappa shape index (κ3) is 2.82. The van der Waals surface area contributed by atoms with Gasteiger partial charge < -0.3 is 9.84 Å². The summed E-state index contributed by atoms with van der Waals surface area (Å²) in [6, 6.07) is 0. The summed E-state index contributed by atoms with van der Waals surface area (Å²) < 4.78 is 5.34. The van der Waals surface area contributed by atoms with E-state index in [2.05, 4.69) is 6.08 Å². The third-order valence-corrected chi connectivity index (χ3v) is 3.32. The topological polar surface area (TPSA) is 29.5 Å². The summed E-state index contributed by atoms with van der Waals surface area (Å²) in [5, 5.41) is 9.51. The molecule has 1 heterocycles. The molecule has 2 rings (SSSR count). The molecule has 1 aliphatic heterocycles. The van der Waals surface area contributed by atoms with E-state index in [0.29, 0.717) is 0 Å². The average Bonchev–Trinajstić information content (AvgIpc) is 2.19. The highest BCUT2D eigenvalue weighted by molar-refractivity contribution is 5.09. The number of allylic oxidation sites excluding steroid dienone is 1. The maximum absolute atomic E-state index is 9.51. The molecule has 2 heteroatoms. The number of hydrogen-bond donors (Lipinski definition) is 1. The van der Waals surface area contributed by atoms with E-state index in [4.69, 9.17) is 4.74 Å². The van der Waals surface area contributed by atoms with Gasteiger partial charge in [-0.3, -0.25) is 0 Å². The van der Waals surface area contributed by atoms with Gasteiger partial charge in [0, 0.05) is 13.2 Å². The van der Waals surface area contributed by atoms with Gasteiger partial charge in [0.25, 0.3) is 0 Å². The molecule has 2 aliphatic rings. The molecule has 0 spiro atoms. The summed E-state index contributed by atoms with van der Waals surface area (Å²) in [7, 11) is 0. The molecule has 0 aromatic carbocycles. The second-order valence-corrected chi connectivity index (χ2v) is 4.54. The van der Waals surface area contributed by atoms with Crippen molar-refractivity contribution < 1.29 is 9.84 Å². The van der Waals surface area contributed by atoms with Crippen LogP contribution in [0.2, 0.25) is 0 Å². The van der Waals surface area contributed by atoms with Crippen LogP contribution < -0.4 is 0 Å². The fourth-order valence-electron chi connectivity index (χ4n) is 2.47. The van der Waals surface area contributed by atoms with Crippen molar-refractivity contribution in [2.24, 2.45) is 5.92 Å². The molecule has 1 fully saturated rings. The molecule has 0 amide bonds. The smallest absolute Gasteiger partial charge is 0.0723 e. The lowest BCUT2D eigenvalue weighted by Gasteiger charge is -2.25. The molecule has 1 unspecified atom stereocenters. The lowest BCUT2D eigenvalue weighted by Crippen LogP contribution is -2.18. The highest BCUT2D eigenvalue weighted by Gasteiger charge is 2.18. The van der Waals surface area contributed by atoms with Crippen molar-refractivity contribution in [3.8, 4) is 0 Å². The van der Waals surface area contributed by atoms with Crippen molar-refractivity contribution >= 4 is 0 Å². The summed E-state index contributed by atoms with van der Waals surface area (Å²) in [4.78, 5) is 0. The van der Waals surface area contributed by atoms with Gasteiger partial charge in [-0.1, -0.05) is 11.6 Å². The minimum Gasteiger partial charge on any atom is -0.389 e. The van der Waals surface area contributed by atoms with Crippen LogP contribution in [0.15, 0.2) is 11.6 Å². The lowest BCUT2D eigenvalue weighted by atomic mass is 9.87. The zero-order valence-electron chi connectivity index (χ0n) is 8.74. The molecule has 1 saturated heterocycles. The number of aliphatic hydroxyl groups excluding tert-OH is 1. The minimum atomic E-state index is -0.168. The molecule has 1 N–H and O–H groups in total. The first-order valence-corrected chi connectivity index (χ1v) is 5.80. The van der Waals surface area contributed by atoms with Crippen LogP contribution in [0.25, 0.3) is 0 Å². The molecule has 0 radical (unpaired) electrons. The Morgan fingerprint density at radius 2 is 2.07 bits per heavy atom. The zero-order chi connectivity index (χ0) is 9.80. The van der Waals surface area contributed by atoms with Crippen LogP contribution in [-0.2, 0) is 4.74 Å². The molecule has 0 bridgehead atoms. The fourth-order valence-corrected chi connectivity index (χ4v) is 2.47. The number of ether oxygens (including phenoxy) is 1. The van der Waals surface area contributed by atoms with Crippen LogP contribution in [0.1, 0.15) is 38.5 Å². The average molecular weight is 196 g/mol. The summed E-state index contributed by atoms with van der Waals surface area (Å²) in [6.45, 7) is 1.86. The van der Waals surface area contributed by atoms with Gasteiger partial charge in [-0.15, -0.1) is 0 Å². The van der Waals surface area contributed by atoms with Gasteiger partial charge in [-0.05, 0) is 44.4 Å². The van der Waals surface area contributed by atoms with E-state index in [9.17, 15) is 5.11 Å². The summed E-state index contributed by atoms with van der Waals surface area (Å²) >= 11 is 0. The van der Waals surface area contributed by atoms with Crippen LogP contribution in [0.4, 0.5) is 0 Å². The molecule has 0 aromatic rings. The van der Waals surface area contributed by atoms with E-state index in [1.165, 1.54) is 31.3 Å². The Hall–Kier alpha value is -0.340. The van der Waals surface area contributed by atoms with Crippen molar-refractivity contribution in [3.63, 3.8) is 0 Å². The van der Waals surface area contributed by atoms with Gasteiger partial charge in [-0.25, -0.2) is 0 Å². The van der Waals surface area contributed by atoms with Crippen LogP contribution in [-0.4, -0.2) is 24.4 Å². The van der Waals surface area contributed by atoms with Gasteiger partial charge in [-0.2, -0.15) is 0 Å². The molecule has 2 nitrogen and oxygen atoms in total. The zero-order valence-corrected chi connectivity index (χ0v) is 8.74. The van der Waals surface area contributed by atoms with E-state index < -0.39 is 0 Å². The molecule has 14 heavy (non-hydrogen) atoms. The number of hydrogen-bond acceptors (Lipinski definition) is 2. The second kappa shape index (κ2) is 4.94. The predicted molar refractivity (Wildman–Crippen MR) is 56.1 cm³/mol. The fraction of sp³-hybridized carbons (Fsp3) is 0.833. The number of aliphatic hydroxyl groups is 1. The van der Waals surface area contributed by atoms with E-state index in [0.717, 1.165) is 32.0 Å². The van der Waals surface area contributed by atoms with Crippen molar-refractivity contribution in [2.75, 3.05) is 13.2 Å². The highest BCUT2D eigenvalue weighted by atomic mass is 16.5. The largest absolute Gasteiger partial charge is 0.389 e. The second-order valence-electron chi connectivity index (χ2n) is 4.54. The Kier molecular flexibility index (Phi) is 3.60. The van der Waals surface area contributed by atoms with Gasteiger partial charge in [0.05, 0.1) is 6.10 Å².